The van der Waals surface area contributed by atoms with Crippen molar-refractivity contribution in [3.8, 4) is 16.3 Å². The Bertz CT molecular complexity index is 1460. The highest BCUT2D eigenvalue weighted by Gasteiger charge is 2.47. The predicted molar refractivity (Wildman–Crippen MR) is 141 cm³/mol. The molecule has 0 spiro atoms. The summed E-state index contributed by atoms with van der Waals surface area (Å²) in [5.41, 5.74) is 4.12. The maximum Gasteiger partial charge on any atom is 0.252 e. The average Bonchev–Trinajstić information content (AvgIpc) is 3.52. The predicted octanol–water partition coefficient (Wildman–Crippen LogP) is 4.87. The molecule has 7 nitrogen and oxygen atoms in total. The molecule has 0 radical (unpaired) electrons. The second kappa shape index (κ2) is 8.94. The number of rotatable bonds is 7. The standard InChI is InChI=1S/C28H29N5O2S/c1-17-6-7-21(35-16-20-8-12-33(20)3)15-23(17)26(34)30-28(9-10-28)24-13-19(27-32-31-18(2)36-27)14-25-22(24)5-4-11-29-25/h4-7,11,13-15,20H,8-10,12,16H2,1-3H3,(H,30,34)/t20-/m0/s1. The molecule has 1 aliphatic heterocycles. The summed E-state index contributed by atoms with van der Waals surface area (Å²) in [6, 6.07) is 14.5. The van der Waals surface area contributed by atoms with E-state index in [1.165, 1.54) is 0 Å². The Morgan fingerprint density at radius 2 is 2.06 bits per heavy atom. The SMILES string of the molecule is Cc1nnc(-c2cc(C3(NC(=O)c4cc(OC[C@@H]5CCN5C)ccc4C)CC3)c3cccnc3c2)s1. The molecule has 2 aromatic carbocycles. The molecular weight excluding hydrogens is 470 g/mol. The van der Waals surface area contributed by atoms with E-state index in [0.717, 1.165) is 69.2 Å². The maximum absolute atomic E-state index is 13.6. The highest BCUT2D eigenvalue weighted by atomic mass is 32.1. The first-order chi connectivity index (χ1) is 17.4. The zero-order valence-corrected chi connectivity index (χ0v) is 21.6. The van der Waals surface area contributed by atoms with Crippen LogP contribution in [0.3, 0.4) is 0 Å². The summed E-state index contributed by atoms with van der Waals surface area (Å²) in [6.45, 7) is 5.67. The van der Waals surface area contributed by atoms with Crippen LogP contribution >= 0.6 is 11.3 Å². The molecule has 1 atom stereocenters. The fourth-order valence-corrected chi connectivity index (χ4v) is 5.57. The molecule has 2 aromatic heterocycles. The minimum absolute atomic E-state index is 0.0783. The van der Waals surface area contributed by atoms with Gasteiger partial charge in [-0.25, -0.2) is 0 Å². The number of ether oxygens (including phenoxy) is 1. The van der Waals surface area contributed by atoms with Gasteiger partial charge in [0, 0.05) is 28.8 Å². The van der Waals surface area contributed by atoms with E-state index in [4.69, 9.17) is 4.74 Å². The van der Waals surface area contributed by atoms with Crippen LogP contribution in [0.1, 0.15) is 45.8 Å². The van der Waals surface area contributed by atoms with Crippen molar-refractivity contribution >= 4 is 28.1 Å². The molecule has 2 fully saturated rings. The van der Waals surface area contributed by atoms with Gasteiger partial charge in [0.05, 0.1) is 11.1 Å². The topological polar surface area (TPSA) is 80.2 Å². The maximum atomic E-state index is 13.6. The van der Waals surface area contributed by atoms with Crippen LogP contribution in [0.15, 0.2) is 48.7 Å². The van der Waals surface area contributed by atoms with E-state index in [0.29, 0.717) is 18.2 Å². The van der Waals surface area contributed by atoms with Gasteiger partial charge < -0.3 is 10.1 Å². The molecule has 6 rings (SSSR count). The second-order valence-electron chi connectivity index (χ2n) is 9.97. The number of carbonyl (C=O) groups excluding carboxylic acids is 1. The summed E-state index contributed by atoms with van der Waals surface area (Å²) < 4.78 is 6.04. The van der Waals surface area contributed by atoms with Crippen molar-refractivity contribution in [3.63, 3.8) is 0 Å². The lowest BCUT2D eigenvalue weighted by Crippen LogP contribution is -2.48. The van der Waals surface area contributed by atoms with E-state index in [9.17, 15) is 4.79 Å². The Morgan fingerprint density at radius 1 is 1.19 bits per heavy atom. The van der Waals surface area contributed by atoms with Gasteiger partial charge in [0.25, 0.3) is 5.91 Å². The van der Waals surface area contributed by atoms with E-state index >= 15 is 0 Å². The molecular formula is C28H29N5O2S. The summed E-state index contributed by atoms with van der Waals surface area (Å²) in [6.07, 6.45) is 4.71. The lowest BCUT2D eigenvalue weighted by atomic mass is 9.96. The third kappa shape index (κ3) is 4.24. The molecule has 1 N–H and O–H groups in total. The number of likely N-dealkylation sites (N-methyl/N-ethyl adjacent to an activating group) is 1. The number of hydrogen-bond acceptors (Lipinski definition) is 7. The van der Waals surface area contributed by atoms with Crippen LogP contribution in [0.4, 0.5) is 0 Å². The van der Waals surface area contributed by atoms with Crippen LogP contribution in [-0.4, -0.2) is 52.2 Å². The van der Waals surface area contributed by atoms with Crippen molar-refractivity contribution in [1.82, 2.24) is 25.4 Å². The summed E-state index contributed by atoms with van der Waals surface area (Å²) in [4.78, 5) is 20.5. The lowest BCUT2D eigenvalue weighted by molar-refractivity contribution is 0.0767. The quantitative estimate of drug-likeness (QED) is 0.391. The molecule has 3 heterocycles. The number of likely N-dealkylation sites (tertiary alicyclic amines) is 1. The van der Waals surface area contributed by atoms with E-state index < -0.39 is 5.54 Å². The third-order valence-electron chi connectivity index (χ3n) is 7.45. The normalized spacial score (nSPS) is 18.6. The largest absolute Gasteiger partial charge is 0.492 e. The Kier molecular flexibility index (Phi) is 5.73. The van der Waals surface area contributed by atoms with Crippen molar-refractivity contribution in [2.45, 2.75) is 44.7 Å². The van der Waals surface area contributed by atoms with Crippen LogP contribution in [0, 0.1) is 13.8 Å². The van der Waals surface area contributed by atoms with Gasteiger partial charge in [-0.05, 0) is 88.2 Å². The Balaban J connectivity index is 1.30. The summed E-state index contributed by atoms with van der Waals surface area (Å²) >= 11 is 1.56. The number of pyridine rings is 1. The Morgan fingerprint density at radius 3 is 2.75 bits per heavy atom. The number of aryl methyl sites for hydroxylation is 2. The van der Waals surface area contributed by atoms with Crippen LogP contribution in [-0.2, 0) is 5.54 Å². The smallest absolute Gasteiger partial charge is 0.252 e. The Hall–Kier alpha value is -3.36. The van der Waals surface area contributed by atoms with Gasteiger partial charge in [-0.3, -0.25) is 14.7 Å². The first kappa shape index (κ1) is 23.1. The number of fused-ring (bicyclic) bond motifs is 1. The fraction of sp³-hybridized carbons (Fsp3) is 0.357. The van der Waals surface area contributed by atoms with E-state index in [1.807, 2.05) is 38.1 Å². The zero-order chi connectivity index (χ0) is 24.9. The summed E-state index contributed by atoms with van der Waals surface area (Å²) in [5, 5.41) is 14.7. The first-order valence-electron chi connectivity index (χ1n) is 12.4. The number of hydrogen-bond donors (Lipinski definition) is 1. The van der Waals surface area contributed by atoms with E-state index in [-0.39, 0.29) is 5.91 Å². The first-order valence-corrected chi connectivity index (χ1v) is 13.2. The molecule has 1 saturated carbocycles. The zero-order valence-electron chi connectivity index (χ0n) is 20.7. The highest BCUT2D eigenvalue weighted by molar-refractivity contribution is 7.14. The molecule has 36 heavy (non-hydrogen) atoms. The number of benzene rings is 2. The number of nitrogens with zero attached hydrogens (tertiary/aromatic N) is 4. The van der Waals surface area contributed by atoms with E-state index in [1.54, 1.807) is 17.5 Å². The molecule has 0 bridgehead atoms. The van der Waals surface area contributed by atoms with Gasteiger partial charge >= 0.3 is 0 Å². The average molecular weight is 500 g/mol. The van der Waals surface area contributed by atoms with Gasteiger partial charge in [-0.2, -0.15) is 0 Å². The van der Waals surface area contributed by atoms with Crippen LogP contribution in [0.5, 0.6) is 5.75 Å². The van der Waals surface area contributed by atoms with Crippen molar-refractivity contribution in [2.24, 2.45) is 0 Å². The third-order valence-corrected chi connectivity index (χ3v) is 8.33. The summed E-state index contributed by atoms with van der Waals surface area (Å²) in [5.74, 6) is 0.657. The van der Waals surface area contributed by atoms with Crippen LogP contribution in [0.25, 0.3) is 21.5 Å². The minimum atomic E-state index is -0.425. The number of aromatic nitrogens is 3. The number of nitrogens with one attached hydrogen (secondary N) is 1. The van der Waals surface area contributed by atoms with Crippen molar-refractivity contribution in [3.05, 3.63) is 70.4 Å². The molecule has 2 aliphatic rings. The molecule has 1 aliphatic carbocycles. The Labute approximate surface area is 214 Å². The van der Waals surface area contributed by atoms with Crippen LogP contribution < -0.4 is 10.1 Å². The fourth-order valence-electron chi connectivity index (χ4n) is 4.89. The monoisotopic (exact) mass is 499 g/mol. The molecule has 1 amide bonds. The van der Waals surface area contributed by atoms with Gasteiger partial charge in [0.15, 0.2) is 0 Å². The van der Waals surface area contributed by atoms with Gasteiger partial charge in [-0.15, -0.1) is 10.2 Å². The van der Waals surface area contributed by atoms with E-state index in [2.05, 4.69) is 50.6 Å². The molecule has 1 saturated heterocycles. The molecule has 4 aromatic rings. The second-order valence-corrected chi connectivity index (χ2v) is 11.1. The molecule has 8 heteroatoms. The van der Waals surface area contributed by atoms with Crippen LogP contribution in [0.2, 0.25) is 0 Å². The van der Waals surface area contributed by atoms with Gasteiger partial charge in [0.2, 0.25) is 0 Å². The molecule has 184 valence electrons. The molecule has 0 unspecified atom stereocenters. The highest BCUT2D eigenvalue weighted by Crippen LogP contribution is 2.49. The number of carbonyl (C=O) groups is 1. The number of amides is 1. The van der Waals surface area contributed by atoms with Gasteiger partial charge in [0.1, 0.15) is 22.4 Å². The van der Waals surface area contributed by atoms with Gasteiger partial charge in [-0.1, -0.05) is 23.5 Å². The minimum Gasteiger partial charge on any atom is -0.492 e. The lowest BCUT2D eigenvalue weighted by Gasteiger charge is -2.37. The van der Waals surface area contributed by atoms with Crippen molar-refractivity contribution in [2.75, 3.05) is 20.2 Å². The van der Waals surface area contributed by atoms with Crippen molar-refractivity contribution in [1.29, 1.82) is 0 Å². The van der Waals surface area contributed by atoms with Crippen molar-refractivity contribution < 1.29 is 9.53 Å². The summed E-state index contributed by atoms with van der Waals surface area (Å²) in [7, 11) is 2.11.